The molecule has 27 heavy (non-hydrogen) atoms. The Morgan fingerprint density at radius 2 is 1.56 bits per heavy atom. The summed E-state index contributed by atoms with van der Waals surface area (Å²) < 4.78 is 0. The van der Waals surface area contributed by atoms with Crippen molar-refractivity contribution in [3.05, 3.63) is 43.5 Å². The average Bonchev–Trinajstić information content (AvgIpc) is 2.59. The van der Waals surface area contributed by atoms with Crippen molar-refractivity contribution in [1.29, 1.82) is 0 Å². The van der Waals surface area contributed by atoms with Crippen molar-refractivity contribution in [1.82, 2.24) is 4.90 Å². The molecule has 4 fully saturated rings. The monoisotopic (exact) mass is 373 g/mol. The summed E-state index contributed by atoms with van der Waals surface area (Å²) in [5.41, 5.74) is -0.557. The third-order valence-corrected chi connectivity index (χ3v) is 6.95. The normalized spacial score (nSPS) is 31.0. The first kappa shape index (κ1) is 17.9. The van der Waals surface area contributed by atoms with E-state index in [4.69, 9.17) is 0 Å². The molecule has 8 nitrogen and oxygen atoms in total. The Balaban J connectivity index is 1.68. The number of rotatable bonds is 4. The molecule has 1 aromatic carbocycles. The topological polar surface area (TPSA) is 107 Å². The quantitative estimate of drug-likeness (QED) is 0.591. The minimum absolute atomic E-state index is 0.0622. The van der Waals surface area contributed by atoms with E-state index in [0.29, 0.717) is 11.8 Å². The molecule has 0 heterocycles. The molecule has 8 heteroatoms. The van der Waals surface area contributed by atoms with Gasteiger partial charge in [-0.15, -0.1) is 0 Å². The zero-order chi connectivity index (χ0) is 19.5. The van der Waals surface area contributed by atoms with E-state index < -0.39 is 15.5 Å². The predicted octanol–water partition coefficient (Wildman–Crippen LogP) is 3.71. The molecule has 0 N–H and O–H groups in total. The van der Waals surface area contributed by atoms with Gasteiger partial charge in [0.15, 0.2) is 0 Å². The highest BCUT2D eigenvalue weighted by molar-refractivity contribution is 5.97. The zero-order valence-corrected chi connectivity index (χ0v) is 15.5. The molecular formula is C19H23N3O5. The van der Waals surface area contributed by atoms with Crippen LogP contribution in [0.25, 0.3) is 0 Å². The van der Waals surface area contributed by atoms with Gasteiger partial charge in [0, 0.05) is 24.7 Å². The van der Waals surface area contributed by atoms with Crippen molar-refractivity contribution in [2.24, 2.45) is 23.7 Å². The molecule has 4 aliphatic carbocycles. The molecular weight excluding hydrogens is 350 g/mol. The standard InChI is InChI=1S/C19H23N3O5/c1-10-16(8-15(21(24)25)9-17(10)22(26)27)19(23)20(2)18-13-4-11-3-12(6-13)7-14(18)5-11/h8-9,11-14,18H,3-7H2,1-2H3. The van der Waals surface area contributed by atoms with Crippen LogP contribution < -0.4 is 0 Å². The third kappa shape index (κ3) is 2.87. The molecule has 1 amide bonds. The summed E-state index contributed by atoms with van der Waals surface area (Å²) in [6.45, 7) is 1.49. The van der Waals surface area contributed by atoms with Crippen LogP contribution in [0.3, 0.4) is 0 Å². The lowest BCUT2D eigenvalue weighted by molar-refractivity contribution is -0.394. The summed E-state index contributed by atoms with van der Waals surface area (Å²) >= 11 is 0. The summed E-state index contributed by atoms with van der Waals surface area (Å²) in [6, 6.07) is 2.23. The van der Waals surface area contributed by atoms with Crippen LogP contribution in [0.4, 0.5) is 11.4 Å². The molecule has 0 aliphatic heterocycles. The molecule has 1 aromatic rings. The predicted molar refractivity (Wildman–Crippen MR) is 97.4 cm³/mol. The first-order chi connectivity index (χ1) is 12.8. The van der Waals surface area contributed by atoms with Crippen molar-refractivity contribution in [3.8, 4) is 0 Å². The van der Waals surface area contributed by atoms with Gasteiger partial charge in [0.05, 0.1) is 21.5 Å². The van der Waals surface area contributed by atoms with Crippen LogP contribution in [0.2, 0.25) is 0 Å². The smallest absolute Gasteiger partial charge is 0.279 e. The van der Waals surface area contributed by atoms with Crippen LogP contribution in [0.5, 0.6) is 0 Å². The van der Waals surface area contributed by atoms with Crippen molar-refractivity contribution in [2.75, 3.05) is 7.05 Å². The lowest BCUT2D eigenvalue weighted by atomic mass is 9.54. The number of benzene rings is 1. The van der Waals surface area contributed by atoms with Gasteiger partial charge in [0.1, 0.15) is 0 Å². The second-order valence-electron chi connectivity index (χ2n) is 8.49. The largest absolute Gasteiger partial charge is 0.338 e. The number of nitro benzene ring substituents is 2. The fourth-order valence-corrected chi connectivity index (χ4v) is 6.06. The molecule has 4 bridgehead atoms. The van der Waals surface area contributed by atoms with Crippen LogP contribution in [0.1, 0.15) is 48.0 Å². The zero-order valence-electron chi connectivity index (χ0n) is 15.5. The Kier molecular flexibility index (Phi) is 4.16. The van der Waals surface area contributed by atoms with E-state index in [0.717, 1.165) is 43.6 Å². The van der Waals surface area contributed by atoms with E-state index >= 15 is 0 Å². The molecule has 0 aromatic heterocycles. The van der Waals surface area contributed by atoms with Crippen molar-refractivity contribution >= 4 is 17.3 Å². The van der Waals surface area contributed by atoms with Crippen LogP contribution in [0.15, 0.2) is 12.1 Å². The maximum atomic E-state index is 13.2. The summed E-state index contributed by atoms with van der Waals surface area (Å²) in [5, 5.41) is 22.5. The number of non-ortho nitro benzene ring substituents is 1. The lowest BCUT2D eigenvalue weighted by Gasteiger charge is -2.56. The second-order valence-corrected chi connectivity index (χ2v) is 8.49. The molecule has 0 radical (unpaired) electrons. The summed E-state index contributed by atoms with van der Waals surface area (Å²) in [5.74, 6) is 2.14. The number of nitro groups is 2. The van der Waals surface area contributed by atoms with Crippen molar-refractivity contribution in [2.45, 2.75) is 45.1 Å². The summed E-state index contributed by atoms with van der Waals surface area (Å²) in [4.78, 5) is 36.1. The SMILES string of the molecule is Cc1c(C(=O)N(C)C2C3CC4CC(C3)CC2C4)cc([N+](=O)[O-])cc1[N+](=O)[O-]. The summed E-state index contributed by atoms with van der Waals surface area (Å²) in [7, 11) is 1.75. The molecule has 0 unspecified atom stereocenters. The fourth-order valence-electron chi connectivity index (χ4n) is 6.06. The number of carbonyl (C=O) groups excluding carboxylic acids is 1. The van der Waals surface area contributed by atoms with E-state index in [-0.39, 0.29) is 28.8 Å². The van der Waals surface area contributed by atoms with Gasteiger partial charge >= 0.3 is 0 Å². The Labute approximate surface area is 156 Å². The number of nitrogens with zero attached hydrogens (tertiary/aromatic N) is 3. The van der Waals surface area contributed by atoms with Gasteiger partial charge in [0.2, 0.25) is 0 Å². The Bertz CT molecular complexity index is 809. The second kappa shape index (κ2) is 6.28. The third-order valence-electron chi connectivity index (χ3n) is 6.95. The maximum Gasteiger partial charge on any atom is 0.279 e. The van der Waals surface area contributed by atoms with Gasteiger partial charge in [-0.1, -0.05) is 0 Å². The van der Waals surface area contributed by atoms with E-state index in [1.807, 2.05) is 0 Å². The first-order valence-corrected chi connectivity index (χ1v) is 9.46. The minimum atomic E-state index is -0.688. The van der Waals surface area contributed by atoms with Gasteiger partial charge in [0.25, 0.3) is 17.3 Å². The molecule has 4 saturated carbocycles. The van der Waals surface area contributed by atoms with Crippen molar-refractivity contribution < 1.29 is 14.6 Å². The van der Waals surface area contributed by atoms with Crippen LogP contribution in [-0.2, 0) is 0 Å². The van der Waals surface area contributed by atoms with Crippen LogP contribution >= 0.6 is 0 Å². The maximum absolute atomic E-state index is 13.2. The number of carbonyl (C=O) groups is 1. The van der Waals surface area contributed by atoms with E-state index in [2.05, 4.69) is 0 Å². The first-order valence-electron chi connectivity index (χ1n) is 9.46. The molecule has 4 aliphatic rings. The van der Waals surface area contributed by atoms with Gasteiger partial charge in [-0.2, -0.15) is 0 Å². The van der Waals surface area contributed by atoms with Crippen molar-refractivity contribution in [3.63, 3.8) is 0 Å². The number of hydrogen-bond acceptors (Lipinski definition) is 5. The Morgan fingerprint density at radius 1 is 1.00 bits per heavy atom. The Morgan fingerprint density at radius 3 is 2.04 bits per heavy atom. The highest BCUT2D eigenvalue weighted by Gasteiger charge is 2.50. The van der Waals surface area contributed by atoms with E-state index in [1.54, 1.807) is 11.9 Å². The molecule has 144 valence electrons. The van der Waals surface area contributed by atoms with Crippen LogP contribution in [-0.4, -0.2) is 33.7 Å². The van der Waals surface area contributed by atoms with Crippen LogP contribution in [0, 0.1) is 50.8 Å². The number of hydrogen-bond donors (Lipinski definition) is 0. The summed E-state index contributed by atoms with van der Waals surface area (Å²) in [6.07, 6.45) is 5.88. The number of amides is 1. The minimum Gasteiger partial charge on any atom is -0.338 e. The molecule has 0 saturated heterocycles. The van der Waals surface area contributed by atoms with Gasteiger partial charge in [-0.3, -0.25) is 25.0 Å². The molecule has 5 rings (SSSR count). The van der Waals surface area contributed by atoms with Gasteiger partial charge < -0.3 is 4.90 Å². The van der Waals surface area contributed by atoms with Gasteiger partial charge in [-0.05, 0) is 62.7 Å². The average molecular weight is 373 g/mol. The highest BCUT2D eigenvalue weighted by Crippen LogP contribution is 2.55. The fraction of sp³-hybridized carbons (Fsp3) is 0.632. The Hall–Kier alpha value is -2.51. The molecule has 0 atom stereocenters. The van der Waals surface area contributed by atoms with E-state index in [9.17, 15) is 25.0 Å². The van der Waals surface area contributed by atoms with Gasteiger partial charge in [-0.25, -0.2) is 0 Å². The van der Waals surface area contributed by atoms with E-state index in [1.165, 1.54) is 19.4 Å². The molecule has 0 spiro atoms. The lowest BCUT2D eigenvalue weighted by Crippen LogP contribution is -2.56. The highest BCUT2D eigenvalue weighted by atomic mass is 16.6.